The first-order valence-corrected chi connectivity index (χ1v) is 10.8. The number of nitrogens with zero attached hydrogens (tertiary/aromatic N) is 1. The Morgan fingerprint density at radius 2 is 1.18 bits per heavy atom. The van der Waals surface area contributed by atoms with E-state index in [4.69, 9.17) is 0 Å². The van der Waals surface area contributed by atoms with Gasteiger partial charge in [0, 0.05) is 0 Å². The molecule has 3 aliphatic carbocycles. The maximum Gasteiger partial charge on any atom is 0.522 e. The topological polar surface area (TPSA) is 21.6 Å². The maximum atomic E-state index is 14.3. The van der Waals surface area contributed by atoms with Gasteiger partial charge in [-0.2, -0.15) is 0 Å². The van der Waals surface area contributed by atoms with E-state index < -0.39 is 30.9 Å². The summed E-state index contributed by atoms with van der Waals surface area (Å²) in [6, 6.07) is -1.00. The average Bonchev–Trinajstić information content (AvgIpc) is 2.64. The summed E-state index contributed by atoms with van der Waals surface area (Å²) < 4.78 is 69.8. The van der Waals surface area contributed by atoms with Gasteiger partial charge in [0.15, 0.2) is 0 Å². The molecule has 0 aromatic heterocycles. The highest BCUT2D eigenvalue weighted by Gasteiger charge is 2.43. The van der Waals surface area contributed by atoms with Gasteiger partial charge in [-0.1, -0.05) is 0 Å². The second-order valence-electron chi connectivity index (χ2n) is 8.75. The van der Waals surface area contributed by atoms with E-state index in [2.05, 4.69) is 27.1 Å². The van der Waals surface area contributed by atoms with Crippen LogP contribution in [-0.4, -0.2) is 36.0 Å². The molecule has 0 amide bonds. The minimum absolute atomic E-state index is 0.0402. The third kappa shape index (κ3) is 5.73. The molecule has 2 nitrogen and oxygen atoms in total. The number of aliphatic imine (C=N–C) groups is 1. The second kappa shape index (κ2) is 9.48. The predicted molar refractivity (Wildman–Crippen MR) is 99.7 cm³/mol. The number of ether oxygens (including phenoxy) is 1. The van der Waals surface area contributed by atoms with Gasteiger partial charge in [0.05, 0.1) is 11.3 Å². The molecular weight excluding hydrogens is 397 g/mol. The Kier molecular flexibility index (Phi) is 7.48. The summed E-state index contributed by atoms with van der Waals surface area (Å²) in [5.74, 6) is 1.33. The van der Waals surface area contributed by atoms with Gasteiger partial charge in [0.25, 0.3) is 0 Å². The zero-order chi connectivity index (χ0) is 20.3. The molecule has 0 heterocycles. The number of thiocarbonyl (C=S) groups is 1. The fourth-order valence-corrected chi connectivity index (χ4v) is 5.86. The third-order valence-electron chi connectivity index (χ3n) is 7.17. The van der Waals surface area contributed by atoms with Crippen molar-refractivity contribution in [2.24, 2.45) is 28.7 Å². The van der Waals surface area contributed by atoms with Crippen LogP contribution in [0.4, 0.5) is 22.0 Å². The Bertz CT molecular complexity index is 539. The molecule has 0 aromatic rings. The van der Waals surface area contributed by atoms with Crippen LogP contribution in [0.2, 0.25) is 0 Å². The monoisotopic (exact) mass is 425 g/mol. The van der Waals surface area contributed by atoms with Crippen LogP contribution < -0.4 is 0 Å². The maximum absolute atomic E-state index is 14.3. The summed E-state index contributed by atoms with van der Waals surface area (Å²) >= 11 is 4.49. The molecule has 0 aliphatic heterocycles. The minimum atomic E-state index is -4.55. The van der Waals surface area contributed by atoms with Crippen molar-refractivity contribution in [1.82, 2.24) is 0 Å². The molecule has 3 rings (SSSR count). The summed E-state index contributed by atoms with van der Waals surface area (Å²) in [5, 5.41) is 2.11. The lowest BCUT2D eigenvalue weighted by Crippen LogP contribution is -2.42. The summed E-state index contributed by atoms with van der Waals surface area (Å²) in [7, 11) is 0. The summed E-state index contributed by atoms with van der Waals surface area (Å²) in [5.41, 5.74) is 0. The van der Waals surface area contributed by atoms with Gasteiger partial charge in [0.2, 0.25) is 0 Å². The van der Waals surface area contributed by atoms with E-state index in [0.29, 0.717) is 43.4 Å². The molecule has 8 heteroatoms. The number of hydrogen-bond donors (Lipinski definition) is 0. The molecule has 3 fully saturated rings. The molecule has 160 valence electrons. The van der Waals surface area contributed by atoms with Crippen molar-refractivity contribution in [2.75, 3.05) is 0 Å². The molecule has 28 heavy (non-hydrogen) atoms. The molecule has 3 aliphatic rings. The van der Waals surface area contributed by atoms with E-state index in [-0.39, 0.29) is 5.92 Å². The first-order valence-electron chi connectivity index (χ1n) is 10.4. The van der Waals surface area contributed by atoms with Crippen LogP contribution in [0.15, 0.2) is 4.99 Å². The van der Waals surface area contributed by atoms with Crippen LogP contribution >= 0.6 is 12.2 Å². The molecule has 0 N–H and O–H groups in total. The van der Waals surface area contributed by atoms with E-state index in [0.717, 1.165) is 38.5 Å². The molecular formula is C20H28F5NOS. The first-order chi connectivity index (χ1) is 13.3. The highest BCUT2D eigenvalue weighted by Crippen LogP contribution is 2.46. The van der Waals surface area contributed by atoms with E-state index >= 15 is 0 Å². The molecule has 0 spiro atoms. The van der Waals surface area contributed by atoms with Gasteiger partial charge >= 0.3 is 6.36 Å². The van der Waals surface area contributed by atoms with E-state index in [1.807, 2.05) is 0 Å². The standard InChI is InChI=1S/C20H28F5NOS/c21-17-9-15(10-18(22)19(17)26-11-28)14-3-1-12(2-4-14)13-5-7-16(8-6-13)27-20(23,24)25/h12-19H,1-10H2. The smallest absolute Gasteiger partial charge is 0.289 e. The van der Waals surface area contributed by atoms with Gasteiger partial charge in [-0.25, -0.2) is 13.8 Å². The Morgan fingerprint density at radius 1 is 0.750 bits per heavy atom. The molecule has 0 aromatic carbocycles. The molecule has 0 saturated heterocycles. The van der Waals surface area contributed by atoms with Crippen molar-refractivity contribution in [3.63, 3.8) is 0 Å². The van der Waals surface area contributed by atoms with Crippen molar-refractivity contribution in [3.05, 3.63) is 0 Å². The van der Waals surface area contributed by atoms with Gasteiger partial charge in [0.1, 0.15) is 18.4 Å². The lowest BCUT2D eigenvalue weighted by Gasteiger charge is -2.42. The lowest BCUT2D eigenvalue weighted by atomic mass is 9.65. The molecule has 2 unspecified atom stereocenters. The minimum Gasteiger partial charge on any atom is -0.289 e. The fourth-order valence-electron chi connectivity index (χ4n) is 5.74. The Balaban J connectivity index is 1.43. The summed E-state index contributed by atoms with van der Waals surface area (Å²) in [6.07, 6.45) is -0.804. The van der Waals surface area contributed by atoms with Crippen molar-refractivity contribution >= 4 is 17.4 Å². The van der Waals surface area contributed by atoms with Crippen molar-refractivity contribution in [3.8, 4) is 0 Å². The first kappa shape index (κ1) is 22.1. The van der Waals surface area contributed by atoms with Crippen LogP contribution in [-0.2, 0) is 4.74 Å². The SMILES string of the molecule is FC1CC(C2CCC(C3CCC(OC(F)(F)F)CC3)CC2)CC(F)C1N=C=S. The quantitative estimate of drug-likeness (QED) is 0.293. The second-order valence-corrected chi connectivity index (χ2v) is 8.93. The van der Waals surface area contributed by atoms with Gasteiger partial charge < -0.3 is 0 Å². The Morgan fingerprint density at radius 3 is 1.61 bits per heavy atom. The third-order valence-corrected chi connectivity index (χ3v) is 7.27. The van der Waals surface area contributed by atoms with Crippen LogP contribution in [0.25, 0.3) is 0 Å². The highest BCUT2D eigenvalue weighted by atomic mass is 32.1. The Labute approximate surface area is 168 Å². The van der Waals surface area contributed by atoms with E-state index in [1.165, 1.54) is 0 Å². The summed E-state index contributed by atoms with van der Waals surface area (Å²) in [4.78, 5) is 3.66. The van der Waals surface area contributed by atoms with Crippen molar-refractivity contribution in [1.29, 1.82) is 0 Å². The largest absolute Gasteiger partial charge is 0.522 e. The van der Waals surface area contributed by atoms with E-state index in [9.17, 15) is 22.0 Å². The predicted octanol–water partition coefficient (Wildman–Crippen LogP) is 6.45. The van der Waals surface area contributed by atoms with Crippen molar-refractivity contribution in [2.45, 2.75) is 95.1 Å². The fraction of sp³-hybridized carbons (Fsp3) is 0.950. The van der Waals surface area contributed by atoms with Crippen LogP contribution in [0, 0.1) is 23.7 Å². The van der Waals surface area contributed by atoms with Gasteiger partial charge in [-0.3, -0.25) is 4.74 Å². The summed E-state index contributed by atoms with van der Waals surface area (Å²) in [6.45, 7) is 0. The number of alkyl halides is 5. The molecule has 2 atom stereocenters. The van der Waals surface area contributed by atoms with Gasteiger partial charge in [-0.05, 0) is 100 Å². The van der Waals surface area contributed by atoms with Crippen LogP contribution in [0.3, 0.4) is 0 Å². The molecule has 0 bridgehead atoms. The average molecular weight is 426 g/mol. The Hall–Kier alpha value is -0.590. The van der Waals surface area contributed by atoms with E-state index in [1.54, 1.807) is 0 Å². The van der Waals surface area contributed by atoms with Gasteiger partial charge in [-0.15, -0.1) is 13.2 Å². The number of halogens is 5. The zero-order valence-electron chi connectivity index (χ0n) is 15.8. The number of isothiocyanates is 1. The highest BCUT2D eigenvalue weighted by molar-refractivity contribution is 7.78. The number of hydrogen-bond acceptors (Lipinski definition) is 3. The number of rotatable bonds is 4. The normalized spacial score (nSPS) is 42.6. The van der Waals surface area contributed by atoms with Crippen LogP contribution in [0.5, 0.6) is 0 Å². The van der Waals surface area contributed by atoms with Crippen LogP contribution in [0.1, 0.15) is 64.2 Å². The lowest BCUT2D eigenvalue weighted by molar-refractivity contribution is -0.346. The molecule has 0 radical (unpaired) electrons. The zero-order valence-corrected chi connectivity index (χ0v) is 16.7. The van der Waals surface area contributed by atoms with Crippen molar-refractivity contribution < 1.29 is 26.7 Å². The molecule has 3 saturated carbocycles.